The summed E-state index contributed by atoms with van der Waals surface area (Å²) in [6.07, 6.45) is 1.88. The number of aryl methyl sites for hydroxylation is 2. The molecule has 4 nitrogen and oxygen atoms in total. The van der Waals surface area contributed by atoms with Crippen LogP contribution in [-0.4, -0.2) is 18.4 Å². The molecule has 0 saturated heterocycles. The molecule has 0 unspecified atom stereocenters. The van der Waals surface area contributed by atoms with Gasteiger partial charge in [0.25, 0.3) is 0 Å². The van der Waals surface area contributed by atoms with Gasteiger partial charge in [0.1, 0.15) is 5.41 Å². The number of amides is 2. The van der Waals surface area contributed by atoms with Crippen LogP contribution in [0.1, 0.15) is 31.4 Å². The molecule has 4 heteroatoms. The van der Waals surface area contributed by atoms with E-state index in [0.717, 1.165) is 29.7 Å². The highest BCUT2D eigenvalue weighted by Crippen LogP contribution is 2.31. The quantitative estimate of drug-likeness (QED) is 0.863. The van der Waals surface area contributed by atoms with Gasteiger partial charge in [0.2, 0.25) is 11.8 Å². The van der Waals surface area contributed by atoms with Gasteiger partial charge in [-0.2, -0.15) is 0 Å². The van der Waals surface area contributed by atoms with E-state index in [1.165, 1.54) is 0 Å². The summed E-state index contributed by atoms with van der Waals surface area (Å²) in [5.41, 5.74) is 2.72. The van der Waals surface area contributed by atoms with Gasteiger partial charge in [0.05, 0.1) is 0 Å². The van der Waals surface area contributed by atoms with Crippen LogP contribution >= 0.6 is 0 Å². The third kappa shape index (κ3) is 3.43. The lowest BCUT2D eigenvalue weighted by atomic mass is 9.88. The summed E-state index contributed by atoms with van der Waals surface area (Å²) < 4.78 is 0. The number of rotatable bonds is 3. The lowest BCUT2D eigenvalue weighted by Gasteiger charge is -2.35. The van der Waals surface area contributed by atoms with Crippen molar-refractivity contribution in [2.75, 3.05) is 16.8 Å². The molecule has 1 aliphatic heterocycles. The largest absolute Gasteiger partial charge is 0.325 e. The van der Waals surface area contributed by atoms with Crippen LogP contribution in [0.15, 0.2) is 48.5 Å². The zero-order valence-corrected chi connectivity index (χ0v) is 15.0. The monoisotopic (exact) mass is 336 g/mol. The number of benzene rings is 2. The molecule has 0 fully saturated rings. The second-order valence-corrected chi connectivity index (χ2v) is 7.14. The number of carbonyl (C=O) groups is 2. The van der Waals surface area contributed by atoms with E-state index >= 15 is 0 Å². The molecule has 130 valence electrons. The van der Waals surface area contributed by atoms with E-state index in [1.54, 1.807) is 18.7 Å². The average molecular weight is 336 g/mol. The van der Waals surface area contributed by atoms with Crippen molar-refractivity contribution in [1.82, 2.24) is 0 Å². The number of fused-ring (bicyclic) bond motifs is 1. The Morgan fingerprint density at radius 1 is 1.08 bits per heavy atom. The van der Waals surface area contributed by atoms with E-state index in [0.29, 0.717) is 12.2 Å². The number of nitrogens with zero attached hydrogens (tertiary/aromatic N) is 1. The van der Waals surface area contributed by atoms with E-state index in [2.05, 4.69) is 11.4 Å². The summed E-state index contributed by atoms with van der Waals surface area (Å²) in [6.45, 7) is 6.00. The molecule has 0 aliphatic carbocycles. The molecule has 0 radical (unpaired) electrons. The van der Waals surface area contributed by atoms with Crippen LogP contribution in [0.25, 0.3) is 0 Å². The van der Waals surface area contributed by atoms with Gasteiger partial charge in [-0.3, -0.25) is 9.59 Å². The lowest BCUT2D eigenvalue weighted by Crippen LogP contribution is -2.49. The van der Waals surface area contributed by atoms with E-state index in [4.69, 9.17) is 0 Å². The highest BCUT2D eigenvalue weighted by atomic mass is 16.2. The van der Waals surface area contributed by atoms with E-state index < -0.39 is 5.41 Å². The van der Waals surface area contributed by atoms with Gasteiger partial charge >= 0.3 is 0 Å². The Kier molecular flexibility index (Phi) is 4.62. The van der Waals surface area contributed by atoms with Crippen molar-refractivity contribution in [3.8, 4) is 0 Å². The van der Waals surface area contributed by atoms with E-state index in [1.807, 2.05) is 49.4 Å². The molecule has 1 heterocycles. The van der Waals surface area contributed by atoms with Gasteiger partial charge in [0.15, 0.2) is 0 Å². The molecule has 3 rings (SSSR count). The molecule has 1 N–H and O–H groups in total. The second kappa shape index (κ2) is 6.71. The maximum absolute atomic E-state index is 13.1. The van der Waals surface area contributed by atoms with Crippen LogP contribution in [-0.2, 0) is 16.0 Å². The van der Waals surface area contributed by atoms with Crippen molar-refractivity contribution in [2.45, 2.75) is 33.6 Å². The number of para-hydroxylation sites is 1. The van der Waals surface area contributed by atoms with Crippen molar-refractivity contribution < 1.29 is 9.59 Å². The predicted molar refractivity (Wildman–Crippen MR) is 101 cm³/mol. The van der Waals surface area contributed by atoms with Gasteiger partial charge in [-0.1, -0.05) is 30.3 Å². The molecule has 1 aliphatic rings. The first-order valence-electron chi connectivity index (χ1n) is 8.67. The number of hydrogen-bond acceptors (Lipinski definition) is 2. The molecule has 0 atom stereocenters. The Morgan fingerprint density at radius 2 is 1.84 bits per heavy atom. The molecule has 0 bridgehead atoms. The van der Waals surface area contributed by atoms with Crippen molar-refractivity contribution >= 4 is 23.2 Å². The number of carbonyl (C=O) groups excluding carboxylic acids is 2. The fourth-order valence-electron chi connectivity index (χ4n) is 3.19. The molecular formula is C21H24N2O2. The van der Waals surface area contributed by atoms with Gasteiger partial charge < -0.3 is 10.2 Å². The summed E-state index contributed by atoms with van der Waals surface area (Å²) in [5, 5.41) is 2.88. The minimum absolute atomic E-state index is 0.162. The standard InChI is InChI=1S/C21H24N2O2/c1-15-8-6-11-17(14-15)22-19(24)21(2,3)20(25)23-13-7-10-16-9-4-5-12-18(16)23/h4-6,8-9,11-12,14H,7,10,13H2,1-3H3,(H,22,24). The SMILES string of the molecule is Cc1cccc(NC(=O)C(C)(C)C(=O)N2CCCc3ccccc32)c1. The number of hydrogen-bond donors (Lipinski definition) is 1. The molecule has 2 amide bonds. The zero-order chi connectivity index (χ0) is 18.0. The van der Waals surface area contributed by atoms with Crippen molar-refractivity contribution in [1.29, 1.82) is 0 Å². The highest BCUT2D eigenvalue weighted by Gasteiger charge is 2.40. The van der Waals surface area contributed by atoms with E-state index in [-0.39, 0.29) is 11.8 Å². The number of anilines is 2. The van der Waals surface area contributed by atoms with Crippen LogP contribution in [0.2, 0.25) is 0 Å². The molecule has 25 heavy (non-hydrogen) atoms. The molecular weight excluding hydrogens is 312 g/mol. The van der Waals surface area contributed by atoms with Crippen LogP contribution in [0.5, 0.6) is 0 Å². The summed E-state index contributed by atoms with van der Waals surface area (Å²) in [4.78, 5) is 27.7. The predicted octanol–water partition coefficient (Wildman–Crippen LogP) is 3.94. The first-order chi connectivity index (χ1) is 11.9. The maximum atomic E-state index is 13.1. The smallest absolute Gasteiger partial charge is 0.242 e. The topological polar surface area (TPSA) is 49.4 Å². The summed E-state index contributed by atoms with van der Waals surface area (Å²) in [6, 6.07) is 15.5. The average Bonchev–Trinajstić information content (AvgIpc) is 2.60. The van der Waals surface area contributed by atoms with Crippen molar-refractivity contribution in [2.24, 2.45) is 5.41 Å². The fraction of sp³-hybridized carbons (Fsp3) is 0.333. The van der Waals surface area contributed by atoms with Crippen LogP contribution in [0.3, 0.4) is 0 Å². The van der Waals surface area contributed by atoms with Gasteiger partial charge in [-0.25, -0.2) is 0 Å². The van der Waals surface area contributed by atoms with Gasteiger partial charge in [-0.05, 0) is 62.9 Å². The summed E-state index contributed by atoms with van der Waals surface area (Å²) in [5.74, 6) is -0.448. The maximum Gasteiger partial charge on any atom is 0.242 e. The molecule has 0 aromatic heterocycles. The lowest BCUT2D eigenvalue weighted by molar-refractivity contribution is -0.136. The second-order valence-electron chi connectivity index (χ2n) is 7.14. The molecule has 2 aromatic rings. The third-order valence-electron chi connectivity index (χ3n) is 4.73. The Hall–Kier alpha value is -2.62. The van der Waals surface area contributed by atoms with Gasteiger partial charge in [-0.15, -0.1) is 0 Å². The highest BCUT2D eigenvalue weighted by molar-refractivity contribution is 6.15. The van der Waals surface area contributed by atoms with Gasteiger partial charge in [0, 0.05) is 17.9 Å². The Labute approximate surface area is 148 Å². The third-order valence-corrected chi connectivity index (χ3v) is 4.73. The molecule has 0 spiro atoms. The Bertz CT molecular complexity index is 811. The fourth-order valence-corrected chi connectivity index (χ4v) is 3.19. The minimum atomic E-state index is -1.14. The molecule has 2 aromatic carbocycles. The summed E-state index contributed by atoms with van der Waals surface area (Å²) >= 11 is 0. The van der Waals surface area contributed by atoms with Crippen LogP contribution in [0, 0.1) is 12.3 Å². The zero-order valence-electron chi connectivity index (χ0n) is 15.0. The minimum Gasteiger partial charge on any atom is -0.325 e. The van der Waals surface area contributed by atoms with Crippen LogP contribution < -0.4 is 10.2 Å². The van der Waals surface area contributed by atoms with Crippen LogP contribution in [0.4, 0.5) is 11.4 Å². The van der Waals surface area contributed by atoms with Crippen molar-refractivity contribution in [3.63, 3.8) is 0 Å². The molecule has 0 saturated carbocycles. The normalized spacial score (nSPS) is 14.0. The Balaban J connectivity index is 1.82. The first-order valence-corrected chi connectivity index (χ1v) is 8.67. The van der Waals surface area contributed by atoms with E-state index in [9.17, 15) is 9.59 Å². The Morgan fingerprint density at radius 3 is 2.60 bits per heavy atom. The first kappa shape index (κ1) is 17.2. The van der Waals surface area contributed by atoms with Crippen molar-refractivity contribution in [3.05, 3.63) is 59.7 Å². The summed E-state index contributed by atoms with van der Waals surface area (Å²) in [7, 11) is 0. The number of nitrogens with one attached hydrogen (secondary N) is 1.